The molecule has 0 unspecified atom stereocenters. The summed E-state index contributed by atoms with van der Waals surface area (Å²) in [6, 6.07) is 17.9. The van der Waals surface area contributed by atoms with Crippen molar-refractivity contribution in [3.05, 3.63) is 65.2 Å². The van der Waals surface area contributed by atoms with Gasteiger partial charge >= 0.3 is 0 Å². The van der Waals surface area contributed by atoms with Crippen molar-refractivity contribution in [3.8, 4) is 0 Å². The van der Waals surface area contributed by atoms with Crippen molar-refractivity contribution < 1.29 is 0 Å². The first kappa shape index (κ1) is 20.9. The van der Waals surface area contributed by atoms with E-state index >= 15 is 0 Å². The summed E-state index contributed by atoms with van der Waals surface area (Å²) in [5.41, 5.74) is 6.11. The predicted octanol–water partition coefficient (Wildman–Crippen LogP) is 6.00. The normalized spacial score (nSPS) is 17.6. The zero-order valence-corrected chi connectivity index (χ0v) is 18.2. The third kappa shape index (κ3) is 5.61. The van der Waals surface area contributed by atoms with Gasteiger partial charge in [0.05, 0.1) is 0 Å². The molecule has 1 saturated heterocycles. The van der Waals surface area contributed by atoms with E-state index in [2.05, 4.69) is 86.9 Å². The number of piperidine rings is 1. The lowest BCUT2D eigenvalue weighted by atomic mass is 9.72. The van der Waals surface area contributed by atoms with Gasteiger partial charge in [0.25, 0.3) is 0 Å². The molecule has 0 amide bonds. The number of rotatable bonds is 4. The van der Waals surface area contributed by atoms with E-state index in [1.807, 2.05) is 0 Å². The quantitative estimate of drug-likeness (QED) is 0.682. The molecule has 2 aromatic carbocycles. The monoisotopic (exact) mass is 378 g/mol. The highest BCUT2D eigenvalue weighted by Crippen LogP contribution is 2.35. The van der Waals surface area contributed by atoms with Crippen LogP contribution in [0, 0.1) is 18.3 Å². The van der Waals surface area contributed by atoms with Gasteiger partial charge in [0.1, 0.15) is 0 Å². The van der Waals surface area contributed by atoms with Crippen molar-refractivity contribution in [1.29, 1.82) is 0 Å². The minimum atomic E-state index is 0.551. The molecule has 0 aromatic heterocycles. The number of anilines is 1. The highest BCUT2D eigenvalue weighted by atomic mass is 14.9. The van der Waals surface area contributed by atoms with E-state index < -0.39 is 0 Å². The average Bonchev–Trinajstić information content (AvgIpc) is 3.13. The molecule has 2 aliphatic rings. The van der Waals surface area contributed by atoms with Crippen LogP contribution in [-0.4, -0.2) is 19.1 Å². The second-order valence-corrected chi connectivity index (χ2v) is 9.25. The molecule has 0 saturated carbocycles. The van der Waals surface area contributed by atoms with Crippen molar-refractivity contribution in [2.75, 3.05) is 18.4 Å². The first-order valence-corrected chi connectivity index (χ1v) is 11.1. The van der Waals surface area contributed by atoms with E-state index in [9.17, 15) is 0 Å². The Hall–Kier alpha value is -1.80. The summed E-state index contributed by atoms with van der Waals surface area (Å²) in [7, 11) is 0. The summed E-state index contributed by atoms with van der Waals surface area (Å²) in [4.78, 5) is 0. The second-order valence-electron chi connectivity index (χ2n) is 9.25. The molecule has 1 fully saturated rings. The topological polar surface area (TPSA) is 24.1 Å². The fourth-order valence-electron chi connectivity index (χ4n) is 4.44. The summed E-state index contributed by atoms with van der Waals surface area (Å²) >= 11 is 0. The molecule has 28 heavy (non-hydrogen) atoms. The van der Waals surface area contributed by atoms with Crippen molar-refractivity contribution in [2.24, 2.45) is 11.3 Å². The molecule has 152 valence electrons. The molecular formula is C26H38N2. The SMILES string of the molecule is CCC(C)(C)C1CCNCC1.Cc1ccc(NC2Cc3ccccc3C2)cc1. The van der Waals surface area contributed by atoms with Crippen LogP contribution in [0.4, 0.5) is 5.69 Å². The van der Waals surface area contributed by atoms with Gasteiger partial charge in [-0.25, -0.2) is 0 Å². The van der Waals surface area contributed by atoms with Gasteiger partial charge in [-0.15, -0.1) is 0 Å². The Morgan fingerprint density at radius 1 is 0.929 bits per heavy atom. The van der Waals surface area contributed by atoms with Crippen LogP contribution >= 0.6 is 0 Å². The van der Waals surface area contributed by atoms with Gasteiger partial charge in [-0.1, -0.05) is 69.2 Å². The Morgan fingerprint density at radius 2 is 1.50 bits per heavy atom. The maximum absolute atomic E-state index is 3.62. The number of hydrogen-bond donors (Lipinski definition) is 2. The third-order valence-corrected chi connectivity index (χ3v) is 6.83. The molecule has 2 aromatic rings. The van der Waals surface area contributed by atoms with Crippen LogP contribution in [-0.2, 0) is 12.8 Å². The molecule has 0 bridgehead atoms. The highest BCUT2D eigenvalue weighted by Gasteiger charge is 2.28. The number of hydrogen-bond acceptors (Lipinski definition) is 2. The Balaban J connectivity index is 0.000000178. The van der Waals surface area contributed by atoms with Crippen molar-refractivity contribution in [1.82, 2.24) is 5.32 Å². The van der Waals surface area contributed by atoms with Gasteiger partial charge in [-0.2, -0.15) is 0 Å². The van der Waals surface area contributed by atoms with E-state index in [1.165, 1.54) is 54.7 Å². The van der Waals surface area contributed by atoms with Crippen LogP contribution in [0.25, 0.3) is 0 Å². The molecule has 0 radical (unpaired) electrons. The smallest absolute Gasteiger partial charge is 0.0342 e. The van der Waals surface area contributed by atoms with Crippen molar-refractivity contribution in [3.63, 3.8) is 0 Å². The predicted molar refractivity (Wildman–Crippen MR) is 122 cm³/mol. The summed E-state index contributed by atoms with van der Waals surface area (Å²) in [6.45, 7) is 11.7. The maximum Gasteiger partial charge on any atom is 0.0342 e. The van der Waals surface area contributed by atoms with E-state index in [1.54, 1.807) is 0 Å². The molecule has 0 spiro atoms. The molecule has 2 N–H and O–H groups in total. The minimum Gasteiger partial charge on any atom is -0.382 e. The summed E-state index contributed by atoms with van der Waals surface area (Å²) in [5.74, 6) is 0.953. The van der Waals surface area contributed by atoms with Crippen LogP contribution < -0.4 is 10.6 Å². The Bertz CT molecular complexity index is 701. The molecule has 1 aliphatic heterocycles. The summed E-state index contributed by atoms with van der Waals surface area (Å²) < 4.78 is 0. The molecular weight excluding hydrogens is 340 g/mol. The Labute approximate surface area is 172 Å². The highest BCUT2D eigenvalue weighted by molar-refractivity contribution is 5.47. The van der Waals surface area contributed by atoms with E-state index in [0.717, 1.165) is 18.8 Å². The first-order valence-electron chi connectivity index (χ1n) is 11.1. The van der Waals surface area contributed by atoms with Crippen LogP contribution in [0.15, 0.2) is 48.5 Å². The standard InChI is InChI=1S/C16H17N.C10H21N/c1-12-6-8-15(9-7-12)17-16-10-13-4-2-3-5-14(13)11-16;1-4-10(2,3)9-5-7-11-8-6-9/h2-9,16-17H,10-11H2,1H3;9,11H,4-8H2,1-3H3. The average molecular weight is 379 g/mol. The van der Waals surface area contributed by atoms with Crippen LogP contribution in [0.1, 0.15) is 56.7 Å². The van der Waals surface area contributed by atoms with Crippen LogP contribution in [0.2, 0.25) is 0 Å². The number of fused-ring (bicyclic) bond motifs is 1. The van der Waals surface area contributed by atoms with Crippen molar-refractivity contribution >= 4 is 5.69 Å². The summed E-state index contributed by atoms with van der Waals surface area (Å²) in [6.07, 6.45) is 6.35. The van der Waals surface area contributed by atoms with E-state index in [4.69, 9.17) is 0 Å². The third-order valence-electron chi connectivity index (χ3n) is 6.83. The second kappa shape index (κ2) is 9.60. The van der Waals surface area contributed by atoms with Crippen LogP contribution in [0.3, 0.4) is 0 Å². The fraction of sp³-hybridized carbons (Fsp3) is 0.538. The molecule has 4 rings (SSSR count). The lowest BCUT2D eigenvalue weighted by molar-refractivity contribution is 0.160. The van der Waals surface area contributed by atoms with Crippen molar-refractivity contribution in [2.45, 2.75) is 65.8 Å². The fourth-order valence-corrected chi connectivity index (χ4v) is 4.44. The van der Waals surface area contributed by atoms with Gasteiger partial charge in [-0.05, 0) is 80.3 Å². The minimum absolute atomic E-state index is 0.551. The lowest BCUT2D eigenvalue weighted by Crippen LogP contribution is -2.35. The van der Waals surface area contributed by atoms with Crippen LogP contribution in [0.5, 0.6) is 0 Å². The zero-order valence-electron chi connectivity index (χ0n) is 18.2. The zero-order chi connectivity index (χ0) is 20.0. The largest absolute Gasteiger partial charge is 0.382 e. The Morgan fingerprint density at radius 3 is 2.04 bits per heavy atom. The number of nitrogens with one attached hydrogen (secondary N) is 2. The van der Waals surface area contributed by atoms with Gasteiger partial charge in [0.2, 0.25) is 0 Å². The maximum atomic E-state index is 3.62. The number of benzene rings is 2. The molecule has 2 nitrogen and oxygen atoms in total. The van der Waals surface area contributed by atoms with E-state index in [0.29, 0.717) is 11.5 Å². The molecule has 0 atom stereocenters. The lowest BCUT2D eigenvalue weighted by Gasteiger charge is -2.36. The van der Waals surface area contributed by atoms with Gasteiger partial charge in [0.15, 0.2) is 0 Å². The van der Waals surface area contributed by atoms with Gasteiger partial charge < -0.3 is 10.6 Å². The summed E-state index contributed by atoms with van der Waals surface area (Å²) in [5, 5.41) is 7.03. The molecule has 1 heterocycles. The molecule has 1 aliphatic carbocycles. The Kier molecular flexibility index (Phi) is 7.18. The molecule has 2 heteroatoms. The number of aryl methyl sites for hydroxylation is 1. The first-order chi connectivity index (χ1) is 13.5. The van der Waals surface area contributed by atoms with Gasteiger partial charge in [0, 0.05) is 11.7 Å². The van der Waals surface area contributed by atoms with E-state index in [-0.39, 0.29) is 0 Å². The van der Waals surface area contributed by atoms with Gasteiger partial charge in [-0.3, -0.25) is 0 Å².